The Morgan fingerprint density at radius 3 is 2.48 bits per heavy atom. The first kappa shape index (κ1) is 28.1. The largest absolute Gasteiger partial charge is 0.369 e. The van der Waals surface area contributed by atoms with E-state index in [9.17, 15) is 10.1 Å². The summed E-state index contributed by atoms with van der Waals surface area (Å²) in [6, 6.07) is 16.0. The molecule has 0 bridgehead atoms. The number of rotatable bonds is 8. The molecule has 7 nitrogen and oxygen atoms in total. The molecule has 0 atom stereocenters. The Balaban J connectivity index is 1.67. The summed E-state index contributed by atoms with van der Waals surface area (Å²) >= 11 is 0. The highest BCUT2D eigenvalue weighted by Gasteiger charge is 2.21. The summed E-state index contributed by atoms with van der Waals surface area (Å²) in [4.78, 5) is 21.7. The number of carbonyl (C=O) groups excluding carboxylic acids is 1. The Bertz CT molecular complexity index is 1480. The number of anilines is 3. The molecule has 202 valence electrons. The molecule has 0 spiro atoms. The van der Waals surface area contributed by atoms with Crippen LogP contribution in [0.4, 0.5) is 17.1 Å². The topological polar surface area (TPSA) is 83.8 Å². The van der Waals surface area contributed by atoms with Crippen molar-refractivity contribution in [1.82, 2.24) is 4.90 Å². The maximum Gasteiger partial charge on any atom is 0.247 e. The van der Waals surface area contributed by atoms with E-state index in [1.165, 1.54) is 11.8 Å². The molecule has 7 heteroatoms. The minimum absolute atomic E-state index is 0.351. The van der Waals surface area contributed by atoms with E-state index in [1.54, 1.807) is 12.1 Å². The summed E-state index contributed by atoms with van der Waals surface area (Å²) in [5.74, 6) is 0.223. The molecule has 2 aromatic carbocycles. The summed E-state index contributed by atoms with van der Waals surface area (Å²) in [6.07, 6.45) is 12.5. The van der Waals surface area contributed by atoms with E-state index in [1.807, 2.05) is 49.4 Å². The van der Waals surface area contributed by atoms with E-state index in [2.05, 4.69) is 71.0 Å². The molecular formula is C33H34N6O. The van der Waals surface area contributed by atoms with Gasteiger partial charge in [-0.2, -0.15) is 5.26 Å². The van der Waals surface area contributed by atoms with Crippen LogP contribution in [0.5, 0.6) is 0 Å². The zero-order valence-corrected chi connectivity index (χ0v) is 23.0. The minimum Gasteiger partial charge on any atom is -0.369 e. The second-order valence-corrected chi connectivity index (χ2v) is 9.43. The Morgan fingerprint density at radius 1 is 1.07 bits per heavy atom. The summed E-state index contributed by atoms with van der Waals surface area (Å²) in [7, 11) is 2.15. The minimum atomic E-state index is -0.381. The number of allylic oxidation sites excluding steroid dienone is 8. The van der Waals surface area contributed by atoms with Gasteiger partial charge in [0, 0.05) is 48.7 Å². The maximum atomic E-state index is 12.0. The van der Waals surface area contributed by atoms with E-state index in [0.717, 1.165) is 43.0 Å². The second-order valence-electron chi connectivity index (χ2n) is 9.43. The molecule has 4 rings (SSSR count). The van der Waals surface area contributed by atoms with Crippen LogP contribution in [0.2, 0.25) is 0 Å². The van der Waals surface area contributed by atoms with Crippen molar-refractivity contribution in [2.45, 2.75) is 6.92 Å². The lowest BCUT2D eigenvalue weighted by Crippen LogP contribution is -2.44. The first-order valence-corrected chi connectivity index (χ1v) is 13.2. The van der Waals surface area contributed by atoms with E-state index in [0.29, 0.717) is 28.3 Å². The van der Waals surface area contributed by atoms with Crippen LogP contribution in [-0.2, 0) is 4.79 Å². The predicted octanol–water partition coefficient (Wildman–Crippen LogP) is 5.91. The first-order chi connectivity index (χ1) is 19.5. The molecule has 1 saturated heterocycles. The predicted molar refractivity (Wildman–Crippen MR) is 166 cm³/mol. The normalized spacial score (nSPS) is 17.8. The van der Waals surface area contributed by atoms with Crippen molar-refractivity contribution in [3.05, 3.63) is 121 Å². The van der Waals surface area contributed by atoms with Gasteiger partial charge in [0.25, 0.3) is 0 Å². The van der Waals surface area contributed by atoms with E-state index in [-0.39, 0.29) is 5.91 Å². The molecule has 40 heavy (non-hydrogen) atoms. The standard InChI is InChI=1S/C33H34N6O/c1-5-10-31(35-25-15-17-26(18-16-25)39-21-19-38(4)20-22-39)37-33-24(6-2)11-8-13-28(33)27-12-9-14-30(29(27)23-34)36-32(40)7-3/h5-18,35H,1,3,19-22H2,2,4H3,(H,36,40)/b24-6-,31-10+,37-33+. The monoisotopic (exact) mass is 530 g/mol. The summed E-state index contributed by atoms with van der Waals surface area (Å²) in [6.45, 7) is 13.5. The van der Waals surface area contributed by atoms with Crippen LogP contribution in [0.1, 0.15) is 18.1 Å². The van der Waals surface area contributed by atoms with Crippen molar-refractivity contribution in [2.75, 3.05) is 48.8 Å². The van der Waals surface area contributed by atoms with E-state index >= 15 is 0 Å². The van der Waals surface area contributed by atoms with Gasteiger partial charge in [-0.05, 0) is 62.0 Å². The van der Waals surface area contributed by atoms with E-state index in [4.69, 9.17) is 4.99 Å². The maximum absolute atomic E-state index is 12.0. The van der Waals surface area contributed by atoms with E-state index < -0.39 is 0 Å². The van der Waals surface area contributed by atoms with Crippen molar-refractivity contribution >= 4 is 34.3 Å². The lowest BCUT2D eigenvalue weighted by Gasteiger charge is -2.34. The number of nitriles is 1. The van der Waals surface area contributed by atoms with Crippen molar-refractivity contribution in [3.8, 4) is 6.07 Å². The molecule has 1 fully saturated rings. The highest BCUT2D eigenvalue weighted by Crippen LogP contribution is 2.32. The molecule has 2 aromatic rings. The molecule has 2 aliphatic rings. The fourth-order valence-corrected chi connectivity index (χ4v) is 4.63. The Morgan fingerprint density at radius 2 is 1.82 bits per heavy atom. The van der Waals surface area contributed by atoms with Gasteiger partial charge in [0.1, 0.15) is 11.9 Å². The van der Waals surface area contributed by atoms with Gasteiger partial charge in [-0.3, -0.25) is 4.79 Å². The fourth-order valence-electron chi connectivity index (χ4n) is 4.63. The van der Waals surface area contributed by atoms with Gasteiger partial charge in [0.15, 0.2) is 0 Å². The number of nitrogens with one attached hydrogen (secondary N) is 2. The molecule has 1 amide bonds. The molecule has 1 heterocycles. The molecular weight excluding hydrogens is 496 g/mol. The van der Waals surface area contributed by atoms with Gasteiger partial charge in [-0.1, -0.05) is 55.7 Å². The third-order valence-corrected chi connectivity index (χ3v) is 6.80. The number of likely N-dealkylation sites (N-methyl/N-ethyl adjacent to an activating group) is 1. The Hall–Kier alpha value is -4.93. The van der Waals surface area contributed by atoms with Crippen LogP contribution in [-0.4, -0.2) is 49.7 Å². The summed E-state index contributed by atoms with van der Waals surface area (Å²) in [5.41, 5.74) is 5.91. The van der Waals surface area contributed by atoms with Gasteiger partial charge in [0.05, 0.1) is 17.0 Å². The third-order valence-electron chi connectivity index (χ3n) is 6.80. The first-order valence-electron chi connectivity index (χ1n) is 13.2. The highest BCUT2D eigenvalue weighted by atomic mass is 16.1. The quantitative estimate of drug-likeness (QED) is 0.327. The van der Waals surface area contributed by atoms with Crippen LogP contribution >= 0.6 is 0 Å². The van der Waals surface area contributed by atoms with Crippen molar-refractivity contribution in [2.24, 2.45) is 4.99 Å². The molecule has 2 N–H and O–H groups in total. The second kappa shape index (κ2) is 13.2. The number of benzene rings is 2. The third kappa shape index (κ3) is 6.55. The van der Waals surface area contributed by atoms with Gasteiger partial charge in [-0.25, -0.2) is 4.99 Å². The number of carbonyl (C=O) groups is 1. The lowest BCUT2D eigenvalue weighted by molar-refractivity contribution is -0.111. The highest BCUT2D eigenvalue weighted by molar-refractivity contribution is 6.34. The van der Waals surface area contributed by atoms with Crippen LogP contribution in [0.3, 0.4) is 0 Å². The number of nitrogens with zero attached hydrogens (tertiary/aromatic N) is 4. The van der Waals surface area contributed by atoms with Gasteiger partial charge < -0.3 is 20.4 Å². The molecule has 0 saturated carbocycles. The average molecular weight is 531 g/mol. The molecule has 0 aromatic heterocycles. The zero-order valence-electron chi connectivity index (χ0n) is 23.0. The SMILES string of the molecule is C=C/C=C(/N=C1/C(c2cccc(NC(=O)C=C)c2C#N)=CC=C/C1=C/C)Nc1ccc(N2CCN(C)CC2)cc1. The van der Waals surface area contributed by atoms with Crippen molar-refractivity contribution in [1.29, 1.82) is 5.26 Å². The molecule has 0 radical (unpaired) electrons. The number of hydrogen-bond donors (Lipinski definition) is 2. The van der Waals surface area contributed by atoms with Crippen molar-refractivity contribution < 1.29 is 4.79 Å². The molecule has 1 aliphatic carbocycles. The fraction of sp³-hybridized carbons (Fsp3) is 0.182. The van der Waals surface area contributed by atoms with Gasteiger partial charge >= 0.3 is 0 Å². The summed E-state index contributed by atoms with van der Waals surface area (Å²) in [5, 5.41) is 16.2. The van der Waals surface area contributed by atoms with Gasteiger partial charge in [-0.15, -0.1) is 0 Å². The van der Waals surface area contributed by atoms with Crippen LogP contribution in [0, 0.1) is 11.3 Å². The molecule has 0 unspecified atom stereocenters. The van der Waals surface area contributed by atoms with Crippen LogP contribution in [0.15, 0.2) is 115 Å². The Kier molecular flexibility index (Phi) is 9.29. The number of piperazine rings is 1. The molecule has 1 aliphatic heterocycles. The Labute approximate surface area is 236 Å². The van der Waals surface area contributed by atoms with Gasteiger partial charge in [0.2, 0.25) is 5.91 Å². The zero-order chi connectivity index (χ0) is 28.5. The van der Waals surface area contributed by atoms with Crippen LogP contribution < -0.4 is 15.5 Å². The average Bonchev–Trinajstić information content (AvgIpc) is 2.98. The van der Waals surface area contributed by atoms with Crippen LogP contribution in [0.25, 0.3) is 5.57 Å². The lowest BCUT2D eigenvalue weighted by atomic mass is 9.88. The number of hydrogen-bond acceptors (Lipinski definition) is 6. The smallest absolute Gasteiger partial charge is 0.247 e. The summed E-state index contributed by atoms with van der Waals surface area (Å²) < 4.78 is 0. The number of aliphatic imine (C=N–C) groups is 1. The number of amides is 1. The van der Waals surface area contributed by atoms with Crippen molar-refractivity contribution in [3.63, 3.8) is 0 Å².